The summed E-state index contributed by atoms with van der Waals surface area (Å²) in [6, 6.07) is -0.422. The lowest BCUT2D eigenvalue weighted by atomic mass is 10.0. The van der Waals surface area contributed by atoms with Crippen molar-refractivity contribution in [3.05, 3.63) is 11.9 Å². The van der Waals surface area contributed by atoms with Crippen LogP contribution in [-0.2, 0) is 9.53 Å². The fourth-order valence-electron chi connectivity index (χ4n) is 2.97. The Morgan fingerprint density at radius 2 is 1.81 bits per heavy atom. The van der Waals surface area contributed by atoms with E-state index in [4.69, 9.17) is 9.84 Å². The molecular formula is C20H37N3O3. The van der Waals surface area contributed by atoms with E-state index >= 15 is 0 Å². The highest BCUT2D eigenvalue weighted by Gasteiger charge is 2.24. The van der Waals surface area contributed by atoms with Gasteiger partial charge in [-0.2, -0.15) is 0 Å². The molecule has 0 spiro atoms. The summed E-state index contributed by atoms with van der Waals surface area (Å²) in [5.41, 5.74) is 0.947. The summed E-state index contributed by atoms with van der Waals surface area (Å²) < 4.78 is 7.00. The molecule has 0 aliphatic heterocycles. The zero-order valence-corrected chi connectivity index (χ0v) is 16.8. The summed E-state index contributed by atoms with van der Waals surface area (Å²) in [5.74, 6) is 0.0754. The van der Waals surface area contributed by atoms with Gasteiger partial charge >= 0.3 is 5.97 Å². The Bertz CT molecular complexity index is 490. The number of carbonyl (C=O) groups is 1. The van der Waals surface area contributed by atoms with Crippen LogP contribution in [0, 0.1) is 0 Å². The molecular weight excluding hydrogens is 330 g/mol. The maximum Gasteiger partial charge on any atom is 0.330 e. The summed E-state index contributed by atoms with van der Waals surface area (Å²) >= 11 is 0. The molecule has 1 heterocycles. The maximum atomic E-state index is 12.5. The number of rotatable bonds is 15. The molecule has 26 heavy (non-hydrogen) atoms. The number of hydrogen-bond donors (Lipinski definition) is 1. The van der Waals surface area contributed by atoms with Crippen molar-refractivity contribution in [3.8, 4) is 0 Å². The first kappa shape index (κ1) is 22.6. The monoisotopic (exact) mass is 367 g/mol. The van der Waals surface area contributed by atoms with Gasteiger partial charge in [-0.3, -0.25) is 0 Å². The average Bonchev–Trinajstić information content (AvgIpc) is 3.12. The lowest BCUT2D eigenvalue weighted by molar-refractivity contribution is -0.148. The van der Waals surface area contributed by atoms with Gasteiger partial charge in [0.05, 0.1) is 12.3 Å². The Morgan fingerprint density at radius 3 is 2.50 bits per heavy atom. The van der Waals surface area contributed by atoms with E-state index in [1.165, 1.54) is 25.7 Å². The van der Waals surface area contributed by atoms with Crippen molar-refractivity contribution in [2.75, 3.05) is 13.2 Å². The van der Waals surface area contributed by atoms with Crippen molar-refractivity contribution in [1.82, 2.24) is 15.0 Å². The normalized spacial score (nSPS) is 13.5. The predicted octanol–water partition coefficient (Wildman–Crippen LogP) is 4.40. The highest BCUT2D eigenvalue weighted by atomic mass is 16.5. The maximum absolute atomic E-state index is 12.5. The molecule has 0 bridgehead atoms. The third-order valence-corrected chi connectivity index (χ3v) is 4.74. The quantitative estimate of drug-likeness (QED) is 0.367. The minimum absolute atomic E-state index is 0.0250. The van der Waals surface area contributed by atoms with Gasteiger partial charge < -0.3 is 9.84 Å². The van der Waals surface area contributed by atoms with Gasteiger partial charge in [-0.1, -0.05) is 70.9 Å². The highest BCUT2D eigenvalue weighted by Crippen LogP contribution is 2.23. The molecule has 0 aromatic carbocycles. The van der Waals surface area contributed by atoms with Crippen LogP contribution >= 0.6 is 0 Å². The van der Waals surface area contributed by atoms with Gasteiger partial charge in [0.25, 0.3) is 0 Å². The van der Waals surface area contributed by atoms with E-state index in [2.05, 4.69) is 31.1 Å². The molecule has 1 aromatic heterocycles. The highest BCUT2D eigenvalue weighted by molar-refractivity contribution is 5.74. The van der Waals surface area contributed by atoms with Gasteiger partial charge in [-0.15, -0.1) is 5.10 Å². The Labute approximate surface area is 158 Å². The second-order valence-electron chi connectivity index (χ2n) is 7.13. The molecule has 150 valence electrons. The molecule has 1 N–H and O–H groups in total. The Kier molecular flexibility index (Phi) is 11.9. The van der Waals surface area contributed by atoms with E-state index in [-0.39, 0.29) is 19.2 Å². The van der Waals surface area contributed by atoms with Gasteiger partial charge in [0.2, 0.25) is 0 Å². The standard InChI is InChI=1S/C20H37N3O3/c1-4-6-8-10-13-19(20(25)26-15-11-14-24)23-16-18(21-22-23)17(3)12-9-7-5-2/h16-17,19,24H,4-15H2,1-3H3. The SMILES string of the molecule is CCCCCCC(C(=O)OCCCO)n1cc(C(C)CCCCC)nn1. The molecule has 0 radical (unpaired) electrons. The molecule has 2 atom stereocenters. The number of aromatic nitrogens is 3. The zero-order valence-electron chi connectivity index (χ0n) is 16.8. The molecule has 1 aromatic rings. The molecule has 0 saturated carbocycles. The fourth-order valence-corrected chi connectivity index (χ4v) is 2.97. The topological polar surface area (TPSA) is 77.2 Å². The first-order chi connectivity index (χ1) is 12.6. The van der Waals surface area contributed by atoms with E-state index in [0.29, 0.717) is 18.8 Å². The van der Waals surface area contributed by atoms with Gasteiger partial charge in [-0.25, -0.2) is 9.48 Å². The minimum atomic E-state index is -0.422. The second-order valence-corrected chi connectivity index (χ2v) is 7.13. The van der Waals surface area contributed by atoms with Crippen molar-refractivity contribution in [1.29, 1.82) is 0 Å². The Morgan fingerprint density at radius 1 is 1.12 bits per heavy atom. The van der Waals surface area contributed by atoms with Crippen LogP contribution in [0.1, 0.15) is 103 Å². The van der Waals surface area contributed by atoms with E-state index in [1.54, 1.807) is 4.68 Å². The molecule has 0 fully saturated rings. The first-order valence-corrected chi connectivity index (χ1v) is 10.3. The van der Waals surface area contributed by atoms with Crippen molar-refractivity contribution in [2.45, 2.75) is 96.9 Å². The van der Waals surface area contributed by atoms with Crippen molar-refractivity contribution < 1.29 is 14.6 Å². The molecule has 0 amide bonds. The molecule has 0 aliphatic carbocycles. The van der Waals surface area contributed by atoms with Crippen molar-refractivity contribution in [3.63, 3.8) is 0 Å². The number of esters is 1. The third kappa shape index (κ3) is 8.30. The summed E-state index contributed by atoms with van der Waals surface area (Å²) in [6.07, 6.45) is 12.2. The predicted molar refractivity (Wildman–Crippen MR) is 103 cm³/mol. The van der Waals surface area contributed by atoms with E-state index in [9.17, 15) is 4.79 Å². The van der Waals surface area contributed by atoms with Crippen LogP contribution in [0.25, 0.3) is 0 Å². The largest absolute Gasteiger partial charge is 0.464 e. The summed E-state index contributed by atoms with van der Waals surface area (Å²) in [5, 5.41) is 17.4. The fraction of sp³-hybridized carbons (Fsp3) is 0.850. The van der Waals surface area contributed by atoms with E-state index < -0.39 is 6.04 Å². The summed E-state index contributed by atoms with van der Waals surface area (Å²) in [7, 11) is 0. The number of aliphatic hydroxyl groups is 1. The summed E-state index contributed by atoms with van der Waals surface area (Å²) in [6.45, 7) is 6.81. The lowest BCUT2D eigenvalue weighted by Gasteiger charge is -2.16. The number of nitrogens with zero attached hydrogens (tertiary/aromatic N) is 3. The zero-order chi connectivity index (χ0) is 19.2. The van der Waals surface area contributed by atoms with Gasteiger partial charge in [0, 0.05) is 25.1 Å². The number of unbranched alkanes of at least 4 members (excludes halogenated alkanes) is 5. The minimum Gasteiger partial charge on any atom is -0.464 e. The second kappa shape index (κ2) is 13.7. The van der Waals surface area contributed by atoms with Crippen molar-refractivity contribution >= 4 is 5.97 Å². The van der Waals surface area contributed by atoms with Gasteiger partial charge in [0.15, 0.2) is 6.04 Å². The van der Waals surface area contributed by atoms with Crippen LogP contribution in [0.4, 0.5) is 0 Å². The molecule has 6 nitrogen and oxygen atoms in total. The number of carbonyl (C=O) groups excluding carboxylic acids is 1. The van der Waals surface area contributed by atoms with Crippen LogP contribution in [0.2, 0.25) is 0 Å². The van der Waals surface area contributed by atoms with Crippen LogP contribution in [0.15, 0.2) is 6.20 Å². The average molecular weight is 368 g/mol. The number of ether oxygens (including phenoxy) is 1. The molecule has 6 heteroatoms. The Hall–Kier alpha value is -1.43. The number of aliphatic hydroxyl groups excluding tert-OH is 1. The smallest absolute Gasteiger partial charge is 0.330 e. The van der Waals surface area contributed by atoms with Crippen LogP contribution in [-0.4, -0.2) is 39.3 Å². The van der Waals surface area contributed by atoms with E-state index in [0.717, 1.165) is 31.4 Å². The van der Waals surface area contributed by atoms with Crippen LogP contribution < -0.4 is 0 Å². The molecule has 1 rings (SSSR count). The number of hydrogen-bond acceptors (Lipinski definition) is 5. The van der Waals surface area contributed by atoms with Crippen LogP contribution in [0.5, 0.6) is 0 Å². The van der Waals surface area contributed by atoms with Gasteiger partial charge in [-0.05, 0) is 12.8 Å². The Balaban J connectivity index is 2.70. The molecule has 0 aliphatic rings. The summed E-state index contributed by atoms with van der Waals surface area (Å²) in [4.78, 5) is 12.5. The van der Waals surface area contributed by atoms with Gasteiger partial charge in [0.1, 0.15) is 0 Å². The first-order valence-electron chi connectivity index (χ1n) is 10.3. The third-order valence-electron chi connectivity index (χ3n) is 4.74. The van der Waals surface area contributed by atoms with Crippen molar-refractivity contribution in [2.24, 2.45) is 0 Å². The lowest BCUT2D eigenvalue weighted by Crippen LogP contribution is -2.23. The van der Waals surface area contributed by atoms with E-state index in [1.807, 2.05) is 6.20 Å². The van der Waals surface area contributed by atoms with Crippen LogP contribution in [0.3, 0.4) is 0 Å². The molecule has 0 saturated heterocycles. The molecule has 2 unspecified atom stereocenters.